The van der Waals surface area contributed by atoms with Gasteiger partial charge in [-0.25, -0.2) is 14.4 Å². The summed E-state index contributed by atoms with van der Waals surface area (Å²) in [7, 11) is 0. The highest BCUT2D eigenvalue weighted by Crippen LogP contribution is 2.38. The largest absolute Gasteiger partial charge is 0.489 e. The normalized spacial score (nSPS) is 20.2. The van der Waals surface area contributed by atoms with Crippen molar-refractivity contribution < 1.29 is 13.9 Å². The van der Waals surface area contributed by atoms with Crippen LogP contribution in [0, 0.1) is 5.82 Å². The number of benzene rings is 1. The molecule has 0 radical (unpaired) electrons. The van der Waals surface area contributed by atoms with Crippen LogP contribution >= 0.6 is 0 Å². The second-order valence-electron chi connectivity index (χ2n) is 7.99. The summed E-state index contributed by atoms with van der Waals surface area (Å²) in [6.07, 6.45) is 5.44. The summed E-state index contributed by atoms with van der Waals surface area (Å²) in [5.41, 5.74) is 1.58. The van der Waals surface area contributed by atoms with Gasteiger partial charge in [-0.1, -0.05) is 18.6 Å². The summed E-state index contributed by atoms with van der Waals surface area (Å²) in [6.45, 7) is 4.76. The van der Waals surface area contributed by atoms with Crippen LogP contribution in [0.1, 0.15) is 62.7 Å². The van der Waals surface area contributed by atoms with Gasteiger partial charge in [0.1, 0.15) is 18.2 Å². The van der Waals surface area contributed by atoms with E-state index in [4.69, 9.17) is 4.74 Å². The fourth-order valence-corrected chi connectivity index (χ4v) is 3.99. The molecule has 1 saturated carbocycles. The zero-order valence-electron chi connectivity index (χ0n) is 16.9. The van der Waals surface area contributed by atoms with Gasteiger partial charge in [0.15, 0.2) is 11.6 Å². The smallest absolute Gasteiger partial charge is 0.217 e. The van der Waals surface area contributed by atoms with E-state index in [-0.39, 0.29) is 29.8 Å². The quantitative estimate of drug-likeness (QED) is 0.803. The molecule has 0 spiro atoms. The van der Waals surface area contributed by atoms with Gasteiger partial charge in [-0.3, -0.25) is 4.79 Å². The lowest BCUT2D eigenvalue weighted by molar-refractivity contribution is -0.119. The van der Waals surface area contributed by atoms with Crippen molar-refractivity contribution in [2.45, 2.75) is 57.6 Å². The minimum absolute atomic E-state index is 0.0184. The van der Waals surface area contributed by atoms with Crippen molar-refractivity contribution in [2.75, 3.05) is 18.0 Å². The lowest BCUT2D eigenvalue weighted by Crippen LogP contribution is -2.27. The molecular formula is C22H27FN4O2. The molecule has 1 N–H and O–H groups in total. The second-order valence-corrected chi connectivity index (χ2v) is 7.99. The van der Waals surface area contributed by atoms with Crippen LogP contribution in [0.15, 0.2) is 30.6 Å². The molecule has 0 unspecified atom stereocenters. The lowest BCUT2D eigenvalue weighted by Gasteiger charge is -2.26. The summed E-state index contributed by atoms with van der Waals surface area (Å²) >= 11 is 0. The van der Waals surface area contributed by atoms with Gasteiger partial charge in [-0.15, -0.1) is 0 Å². The zero-order chi connectivity index (χ0) is 20.4. The summed E-state index contributed by atoms with van der Waals surface area (Å²) in [5.74, 6) is 1.08. The molecule has 4 rings (SSSR count). The first-order valence-electron chi connectivity index (χ1n) is 10.3. The maximum atomic E-state index is 14.9. The number of hydrogen-bond acceptors (Lipinski definition) is 5. The van der Waals surface area contributed by atoms with Crippen LogP contribution in [-0.4, -0.2) is 35.1 Å². The van der Waals surface area contributed by atoms with E-state index in [0.29, 0.717) is 24.6 Å². The lowest BCUT2D eigenvalue weighted by atomic mass is 9.82. The number of aromatic nitrogens is 2. The van der Waals surface area contributed by atoms with E-state index < -0.39 is 0 Å². The molecule has 154 valence electrons. The molecular weight excluding hydrogens is 371 g/mol. The van der Waals surface area contributed by atoms with Crippen LogP contribution in [0.5, 0.6) is 5.75 Å². The number of ether oxygens (including phenoxy) is 1. The number of anilines is 1. The van der Waals surface area contributed by atoms with Crippen molar-refractivity contribution >= 4 is 11.7 Å². The van der Waals surface area contributed by atoms with Gasteiger partial charge in [0.2, 0.25) is 5.91 Å². The molecule has 1 amide bonds. The number of carbonyl (C=O) groups is 1. The van der Waals surface area contributed by atoms with E-state index in [1.54, 1.807) is 0 Å². The van der Waals surface area contributed by atoms with Crippen LogP contribution < -0.4 is 15.0 Å². The third-order valence-electron chi connectivity index (χ3n) is 5.84. The molecule has 2 aliphatic rings. The molecule has 2 heterocycles. The van der Waals surface area contributed by atoms with E-state index >= 15 is 0 Å². The summed E-state index contributed by atoms with van der Waals surface area (Å²) in [4.78, 5) is 21.6. The van der Waals surface area contributed by atoms with Crippen LogP contribution in [0.25, 0.3) is 0 Å². The van der Waals surface area contributed by atoms with Gasteiger partial charge in [0, 0.05) is 25.8 Å². The first-order valence-corrected chi connectivity index (χ1v) is 10.3. The Morgan fingerprint density at radius 2 is 2.00 bits per heavy atom. The minimum atomic E-state index is -0.269. The average molecular weight is 398 g/mol. The van der Waals surface area contributed by atoms with E-state index in [1.807, 2.05) is 36.1 Å². The van der Waals surface area contributed by atoms with Crippen LogP contribution in [0.2, 0.25) is 0 Å². The molecule has 1 saturated heterocycles. The zero-order valence-corrected chi connectivity index (χ0v) is 16.9. The number of nitrogens with one attached hydrogen (secondary N) is 1. The predicted molar refractivity (Wildman–Crippen MR) is 109 cm³/mol. The van der Waals surface area contributed by atoms with Gasteiger partial charge in [0.05, 0.1) is 18.3 Å². The van der Waals surface area contributed by atoms with Crippen LogP contribution in [0.4, 0.5) is 10.2 Å². The Bertz CT molecular complexity index is 870. The first kappa shape index (κ1) is 19.6. The number of rotatable bonds is 6. The van der Waals surface area contributed by atoms with E-state index in [1.165, 1.54) is 13.3 Å². The third kappa shape index (κ3) is 4.33. The summed E-state index contributed by atoms with van der Waals surface area (Å²) in [6, 6.07) is 7.69. The molecule has 29 heavy (non-hydrogen) atoms. The Morgan fingerprint density at radius 1 is 1.24 bits per heavy atom. The maximum absolute atomic E-state index is 14.9. The van der Waals surface area contributed by atoms with Gasteiger partial charge < -0.3 is 15.0 Å². The fourth-order valence-electron chi connectivity index (χ4n) is 3.99. The second kappa shape index (κ2) is 8.35. The monoisotopic (exact) mass is 398 g/mol. The highest BCUT2D eigenvalue weighted by Gasteiger charge is 2.31. The SMILES string of the molecule is CC(=O)N[C@@H](C)c1ccc(O[C@@H]2CCN(c3ncnc(C4CCC4)c3F)C2)cc1. The van der Waals surface area contributed by atoms with Crippen molar-refractivity contribution in [3.8, 4) is 5.75 Å². The topological polar surface area (TPSA) is 67.3 Å². The highest BCUT2D eigenvalue weighted by molar-refractivity contribution is 5.73. The molecule has 1 aliphatic carbocycles. The van der Waals surface area contributed by atoms with Crippen molar-refractivity contribution in [2.24, 2.45) is 0 Å². The van der Waals surface area contributed by atoms with Crippen molar-refractivity contribution in [1.82, 2.24) is 15.3 Å². The molecule has 6 nitrogen and oxygen atoms in total. The number of amides is 1. The highest BCUT2D eigenvalue weighted by atomic mass is 19.1. The Labute approximate surface area is 170 Å². The van der Waals surface area contributed by atoms with Crippen molar-refractivity contribution in [3.63, 3.8) is 0 Å². The molecule has 2 atom stereocenters. The number of halogens is 1. The Balaban J connectivity index is 1.37. The van der Waals surface area contributed by atoms with Crippen molar-refractivity contribution in [3.05, 3.63) is 47.7 Å². The Hall–Kier alpha value is -2.70. The fraction of sp³-hybridized carbons (Fsp3) is 0.500. The van der Waals surface area contributed by atoms with Gasteiger partial charge in [-0.05, 0) is 37.5 Å². The Kier molecular flexibility index (Phi) is 5.65. The summed E-state index contributed by atoms with van der Waals surface area (Å²) < 4.78 is 21.0. The van der Waals surface area contributed by atoms with Gasteiger partial charge in [-0.2, -0.15) is 0 Å². The third-order valence-corrected chi connectivity index (χ3v) is 5.84. The maximum Gasteiger partial charge on any atom is 0.217 e. The average Bonchev–Trinajstić information content (AvgIpc) is 3.10. The molecule has 1 aromatic heterocycles. The molecule has 1 aliphatic heterocycles. The number of carbonyl (C=O) groups excluding carboxylic acids is 1. The van der Waals surface area contributed by atoms with Crippen LogP contribution in [-0.2, 0) is 4.79 Å². The molecule has 1 aromatic carbocycles. The molecule has 2 fully saturated rings. The van der Waals surface area contributed by atoms with Crippen molar-refractivity contribution in [1.29, 1.82) is 0 Å². The summed E-state index contributed by atoms with van der Waals surface area (Å²) in [5, 5.41) is 2.87. The van der Waals surface area contributed by atoms with Crippen LogP contribution in [0.3, 0.4) is 0 Å². The molecule has 7 heteroatoms. The predicted octanol–water partition coefficient (Wildman–Crippen LogP) is 3.74. The number of hydrogen-bond donors (Lipinski definition) is 1. The minimum Gasteiger partial charge on any atom is -0.489 e. The molecule has 2 aromatic rings. The van der Waals surface area contributed by atoms with E-state index in [2.05, 4.69) is 15.3 Å². The standard InChI is InChI=1S/C22H27FN4O2/c1-14(26-15(2)28)16-6-8-18(9-7-16)29-19-10-11-27(12-19)22-20(23)21(24-13-25-22)17-4-3-5-17/h6-9,13-14,17,19H,3-5,10-12H2,1-2H3,(H,26,28)/t14-,19+/m0/s1. The Morgan fingerprint density at radius 3 is 2.66 bits per heavy atom. The number of nitrogens with zero attached hydrogens (tertiary/aromatic N) is 3. The van der Waals surface area contributed by atoms with Gasteiger partial charge >= 0.3 is 0 Å². The first-order chi connectivity index (χ1) is 14.0. The van der Waals surface area contributed by atoms with E-state index in [0.717, 1.165) is 37.0 Å². The van der Waals surface area contributed by atoms with Gasteiger partial charge in [0.25, 0.3) is 0 Å². The van der Waals surface area contributed by atoms with E-state index in [9.17, 15) is 9.18 Å². The molecule has 0 bridgehead atoms.